The highest BCUT2D eigenvalue weighted by Crippen LogP contribution is 2.38. The molecular formula is C14H18BrFN2O2S. The fourth-order valence-electron chi connectivity index (χ4n) is 3.41. The van der Waals surface area contributed by atoms with Crippen LogP contribution in [0.1, 0.15) is 19.3 Å². The highest BCUT2D eigenvalue weighted by molar-refractivity contribution is 9.10. The van der Waals surface area contributed by atoms with E-state index in [-0.39, 0.29) is 15.4 Å². The third-order valence-electron chi connectivity index (χ3n) is 4.59. The van der Waals surface area contributed by atoms with E-state index in [0.29, 0.717) is 24.9 Å². The van der Waals surface area contributed by atoms with Crippen LogP contribution < -0.4 is 5.73 Å². The maximum absolute atomic E-state index is 13.6. The molecule has 3 atom stereocenters. The molecule has 0 aromatic heterocycles. The molecule has 2 N–H and O–H groups in total. The highest BCUT2D eigenvalue weighted by Gasteiger charge is 2.41. The summed E-state index contributed by atoms with van der Waals surface area (Å²) >= 11 is 3.04. The molecule has 1 aliphatic carbocycles. The molecule has 2 fully saturated rings. The molecule has 1 saturated heterocycles. The van der Waals surface area contributed by atoms with Gasteiger partial charge in [0.2, 0.25) is 10.0 Å². The van der Waals surface area contributed by atoms with Crippen molar-refractivity contribution in [2.24, 2.45) is 17.6 Å². The van der Waals surface area contributed by atoms with Crippen LogP contribution in [0.3, 0.4) is 0 Å². The van der Waals surface area contributed by atoms with Gasteiger partial charge in [0.05, 0.1) is 9.37 Å². The number of fused-ring (bicyclic) bond motifs is 1. The Balaban J connectivity index is 1.84. The first kappa shape index (κ1) is 15.4. The second-order valence-electron chi connectivity index (χ2n) is 5.99. The van der Waals surface area contributed by atoms with E-state index in [0.717, 1.165) is 25.3 Å². The molecule has 4 nitrogen and oxygen atoms in total. The lowest BCUT2D eigenvalue weighted by molar-refractivity contribution is 0.271. The Kier molecular flexibility index (Phi) is 4.11. The summed E-state index contributed by atoms with van der Waals surface area (Å²) in [7, 11) is -3.62. The zero-order valence-corrected chi connectivity index (χ0v) is 13.9. The number of nitrogens with zero attached hydrogens (tertiary/aromatic N) is 1. The number of hydrogen-bond acceptors (Lipinski definition) is 3. The number of benzene rings is 1. The third-order valence-corrected chi connectivity index (χ3v) is 7.06. The Morgan fingerprint density at radius 1 is 1.24 bits per heavy atom. The molecule has 1 unspecified atom stereocenters. The second kappa shape index (κ2) is 5.61. The third kappa shape index (κ3) is 2.88. The summed E-state index contributed by atoms with van der Waals surface area (Å²) in [6.45, 7) is 1.02. The zero-order valence-electron chi connectivity index (χ0n) is 11.5. The Bertz CT molecular complexity index is 652. The first-order valence-electron chi connectivity index (χ1n) is 7.08. The maximum Gasteiger partial charge on any atom is 0.243 e. The Hall–Kier alpha value is -0.500. The van der Waals surface area contributed by atoms with E-state index < -0.39 is 15.8 Å². The van der Waals surface area contributed by atoms with Gasteiger partial charge in [-0.2, -0.15) is 4.31 Å². The summed E-state index contributed by atoms with van der Waals surface area (Å²) in [6, 6.07) is 4.13. The molecule has 7 heteroatoms. The summed E-state index contributed by atoms with van der Waals surface area (Å²) in [6.07, 6.45) is 2.82. The van der Waals surface area contributed by atoms with Gasteiger partial charge in [-0.25, -0.2) is 12.8 Å². The molecule has 0 bridgehead atoms. The minimum Gasteiger partial charge on any atom is -0.328 e. The van der Waals surface area contributed by atoms with Crippen molar-refractivity contribution in [2.45, 2.75) is 30.2 Å². The molecule has 1 heterocycles. The number of halogens is 2. The summed E-state index contributed by atoms with van der Waals surface area (Å²) in [5.41, 5.74) is 5.97. The zero-order chi connectivity index (χ0) is 15.2. The van der Waals surface area contributed by atoms with Crippen molar-refractivity contribution in [3.05, 3.63) is 28.5 Å². The smallest absolute Gasteiger partial charge is 0.243 e. The van der Waals surface area contributed by atoms with Crippen LogP contribution in [0.25, 0.3) is 0 Å². The van der Waals surface area contributed by atoms with E-state index >= 15 is 0 Å². The van der Waals surface area contributed by atoms with Gasteiger partial charge in [0, 0.05) is 19.1 Å². The fraction of sp³-hybridized carbons (Fsp3) is 0.571. The van der Waals surface area contributed by atoms with Crippen LogP contribution >= 0.6 is 15.9 Å². The Labute approximate surface area is 132 Å². The molecule has 2 aliphatic rings. The van der Waals surface area contributed by atoms with E-state index in [1.54, 1.807) is 0 Å². The molecule has 1 aromatic carbocycles. The van der Waals surface area contributed by atoms with Gasteiger partial charge in [-0.3, -0.25) is 0 Å². The molecule has 116 valence electrons. The summed E-state index contributed by atoms with van der Waals surface area (Å²) in [5.74, 6) is 0.165. The van der Waals surface area contributed by atoms with Crippen LogP contribution in [0, 0.1) is 17.7 Å². The van der Waals surface area contributed by atoms with Crippen molar-refractivity contribution in [2.75, 3.05) is 13.1 Å². The van der Waals surface area contributed by atoms with E-state index in [9.17, 15) is 12.8 Å². The van der Waals surface area contributed by atoms with Crippen molar-refractivity contribution in [3.63, 3.8) is 0 Å². The van der Waals surface area contributed by atoms with Gasteiger partial charge >= 0.3 is 0 Å². The summed E-state index contributed by atoms with van der Waals surface area (Å²) < 4.78 is 40.6. The first-order valence-corrected chi connectivity index (χ1v) is 9.32. The van der Waals surface area contributed by atoms with Gasteiger partial charge < -0.3 is 5.73 Å². The number of hydrogen-bond donors (Lipinski definition) is 1. The maximum atomic E-state index is 13.6. The lowest BCUT2D eigenvalue weighted by Crippen LogP contribution is -2.32. The molecule has 0 amide bonds. The molecular weight excluding hydrogens is 359 g/mol. The monoisotopic (exact) mass is 376 g/mol. The number of sulfonamides is 1. The predicted molar refractivity (Wildman–Crippen MR) is 81.7 cm³/mol. The average Bonchev–Trinajstić information content (AvgIpc) is 2.85. The quantitative estimate of drug-likeness (QED) is 0.861. The summed E-state index contributed by atoms with van der Waals surface area (Å²) in [5, 5.41) is 0. The van der Waals surface area contributed by atoms with Gasteiger partial charge in [0.1, 0.15) is 5.82 Å². The molecule has 1 aliphatic heterocycles. The van der Waals surface area contributed by atoms with Crippen LogP contribution in [-0.4, -0.2) is 31.9 Å². The minimum absolute atomic E-state index is 0.0196. The Morgan fingerprint density at radius 3 is 2.67 bits per heavy atom. The van der Waals surface area contributed by atoms with Crippen molar-refractivity contribution in [3.8, 4) is 0 Å². The van der Waals surface area contributed by atoms with Crippen LogP contribution in [0.2, 0.25) is 0 Å². The van der Waals surface area contributed by atoms with E-state index in [1.807, 2.05) is 0 Å². The lowest BCUT2D eigenvalue weighted by atomic mass is 9.79. The van der Waals surface area contributed by atoms with Gasteiger partial charge in [-0.1, -0.05) is 0 Å². The molecule has 1 saturated carbocycles. The summed E-state index contributed by atoms with van der Waals surface area (Å²) in [4.78, 5) is 0.0196. The van der Waals surface area contributed by atoms with Crippen LogP contribution in [-0.2, 0) is 10.0 Å². The molecule has 1 aromatic rings. The van der Waals surface area contributed by atoms with Crippen LogP contribution in [0.4, 0.5) is 4.39 Å². The van der Waals surface area contributed by atoms with E-state index in [1.165, 1.54) is 16.4 Å². The van der Waals surface area contributed by atoms with Gasteiger partial charge in [0.15, 0.2) is 0 Å². The van der Waals surface area contributed by atoms with Crippen molar-refractivity contribution >= 4 is 26.0 Å². The van der Waals surface area contributed by atoms with E-state index in [4.69, 9.17) is 5.73 Å². The largest absolute Gasteiger partial charge is 0.328 e. The highest BCUT2D eigenvalue weighted by atomic mass is 79.9. The van der Waals surface area contributed by atoms with Gasteiger partial charge in [-0.05, 0) is 65.2 Å². The van der Waals surface area contributed by atoms with Crippen LogP contribution in [0.15, 0.2) is 27.6 Å². The number of nitrogens with two attached hydrogens (primary N) is 1. The SMILES string of the molecule is NC1CC[C@@H]2CN(S(=O)(=O)c3ccc(Br)c(F)c3)C[C@@H]2C1. The fourth-order valence-corrected chi connectivity index (χ4v) is 5.22. The normalized spacial score (nSPS) is 30.3. The molecule has 0 radical (unpaired) electrons. The standard InChI is InChI=1S/C14H18BrFN2O2S/c15-13-4-3-12(6-14(13)16)21(19,20)18-7-9-1-2-11(17)5-10(9)8-18/h3-4,6,9-11H,1-2,5,7-8,17H2/t9-,10+,11?/m1/s1. The molecule has 21 heavy (non-hydrogen) atoms. The van der Waals surface area contributed by atoms with Gasteiger partial charge in [-0.15, -0.1) is 0 Å². The predicted octanol–water partition coefficient (Wildman–Crippen LogP) is 2.34. The van der Waals surface area contributed by atoms with Crippen LogP contribution in [0.5, 0.6) is 0 Å². The first-order chi connectivity index (χ1) is 9.88. The van der Waals surface area contributed by atoms with Crippen molar-refractivity contribution < 1.29 is 12.8 Å². The lowest BCUT2D eigenvalue weighted by Gasteiger charge is -2.28. The molecule has 0 spiro atoms. The molecule has 3 rings (SSSR count). The van der Waals surface area contributed by atoms with E-state index in [2.05, 4.69) is 15.9 Å². The Morgan fingerprint density at radius 2 is 1.95 bits per heavy atom. The van der Waals surface area contributed by atoms with Crippen molar-refractivity contribution in [1.29, 1.82) is 0 Å². The topological polar surface area (TPSA) is 63.4 Å². The average molecular weight is 377 g/mol. The number of rotatable bonds is 2. The second-order valence-corrected chi connectivity index (χ2v) is 8.78. The minimum atomic E-state index is -3.62. The van der Waals surface area contributed by atoms with Gasteiger partial charge in [0.25, 0.3) is 0 Å². The van der Waals surface area contributed by atoms with Crippen molar-refractivity contribution in [1.82, 2.24) is 4.31 Å².